The number of nitrogens with zero attached hydrogens (tertiary/aromatic N) is 1. The first-order valence-corrected chi connectivity index (χ1v) is 7.80. The van der Waals surface area contributed by atoms with Gasteiger partial charge >= 0.3 is 0 Å². The lowest BCUT2D eigenvalue weighted by atomic mass is 10.0. The molecule has 1 heterocycles. The smallest absolute Gasteiger partial charge is 0.157 e. The highest BCUT2D eigenvalue weighted by Gasteiger charge is 2.19. The quantitative estimate of drug-likeness (QED) is 0.604. The zero-order valence-electron chi connectivity index (χ0n) is 12.8. The van der Waals surface area contributed by atoms with E-state index in [4.69, 9.17) is 0 Å². The van der Waals surface area contributed by atoms with E-state index < -0.39 is 0 Å². The topological polar surface area (TPSA) is 3.88 Å². The Morgan fingerprint density at radius 1 is 0.905 bits per heavy atom. The van der Waals surface area contributed by atoms with Crippen LogP contribution in [0.5, 0.6) is 0 Å². The van der Waals surface area contributed by atoms with Crippen molar-refractivity contribution in [3.63, 3.8) is 0 Å². The fourth-order valence-electron chi connectivity index (χ4n) is 2.97. The standard InChI is InChI=1S/C20H22N/c1-3-4-10-18-15-16(2)19-13-8-9-14-20(19)21(18)17-11-6-5-7-12-17/h5-9,11-15H,3-4,10H2,1-2H3/q+1. The van der Waals surface area contributed by atoms with Gasteiger partial charge in [-0.15, -0.1) is 0 Å². The maximum absolute atomic E-state index is 2.41. The minimum atomic E-state index is 1.12. The molecule has 0 fully saturated rings. The van der Waals surface area contributed by atoms with Crippen molar-refractivity contribution in [3.8, 4) is 5.69 Å². The van der Waals surface area contributed by atoms with E-state index in [2.05, 4.69) is 79.1 Å². The Morgan fingerprint density at radius 3 is 2.38 bits per heavy atom. The fraction of sp³-hybridized carbons (Fsp3) is 0.250. The highest BCUT2D eigenvalue weighted by molar-refractivity contribution is 5.79. The van der Waals surface area contributed by atoms with Gasteiger partial charge in [0.1, 0.15) is 0 Å². The summed E-state index contributed by atoms with van der Waals surface area (Å²) in [7, 11) is 0. The average molecular weight is 276 g/mol. The summed E-state index contributed by atoms with van der Waals surface area (Å²) in [5.41, 5.74) is 5.32. The maximum atomic E-state index is 2.41. The van der Waals surface area contributed by atoms with E-state index in [1.165, 1.54) is 40.7 Å². The third-order valence-corrected chi connectivity index (χ3v) is 4.04. The third kappa shape index (κ3) is 2.69. The molecule has 1 nitrogen and oxygen atoms in total. The number of para-hydroxylation sites is 2. The molecule has 0 bridgehead atoms. The van der Waals surface area contributed by atoms with Crippen LogP contribution in [-0.2, 0) is 6.42 Å². The van der Waals surface area contributed by atoms with Gasteiger partial charge in [0.05, 0.1) is 0 Å². The monoisotopic (exact) mass is 276 g/mol. The molecule has 0 unspecified atom stereocenters. The maximum Gasteiger partial charge on any atom is 0.218 e. The zero-order chi connectivity index (χ0) is 14.7. The number of fused-ring (bicyclic) bond motifs is 1. The van der Waals surface area contributed by atoms with Crippen LogP contribution < -0.4 is 4.57 Å². The van der Waals surface area contributed by atoms with Crippen molar-refractivity contribution in [1.29, 1.82) is 0 Å². The van der Waals surface area contributed by atoms with Gasteiger partial charge in [0.15, 0.2) is 5.69 Å². The molecule has 0 spiro atoms. The third-order valence-electron chi connectivity index (χ3n) is 4.04. The summed E-state index contributed by atoms with van der Waals surface area (Å²) in [6.07, 6.45) is 3.57. The number of aryl methyl sites for hydroxylation is 2. The molecule has 106 valence electrons. The molecule has 3 rings (SSSR count). The normalized spacial score (nSPS) is 11.0. The SMILES string of the molecule is CCCCc1cc(C)c2ccccc2[n+]1-c1ccccc1. The number of aromatic nitrogens is 1. The van der Waals surface area contributed by atoms with E-state index in [0.29, 0.717) is 0 Å². The first-order valence-electron chi connectivity index (χ1n) is 7.80. The number of hydrogen-bond acceptors (Lipinski definition) is 0. The van der Waals surface area contributed by atoms with Crippen LogP contribution in [0.3, 0.4) is 0 Å². The fourth-order valence-corrected chi connectivity index (χ4v) is 2.97. The molecule has 1 heteroatoms. The molecule has 0 saturated carbocycles. The lowest BCUT2D eigenvalue weighted by Crippen LogP contribution is -2.37. The second-order valence-electron chi connectivity index (χ2n) is 5.61. The second-order valence-corrected chi connectivity index (χ2v) is 5.61. The van der Waals surface area contributed by atoms with Crippen molar-refractivity contribution in [1.82, 2.24) is 0 Å². The minimum Gasteiger partial charge on any atom is -0.157 e. The number of unbranched alkanes of at least 4 members (excludes halogenated alkanes) is 1. The zero-order valence-corrected chi connectivity index (χ0v) is 12.8. The molecular weight excluding hydrogens is 254 g/mol. The highest BCUT2D eigenvalue weighted by atomic mass is 15.0. The van der Waals surface area contributed by atoms with Crippen LogP contribution in [0.2, 0.25) is 0 Å². The summed E-state index contributed by atoms with van der Waals surface area (Å²) in [6.45, 7) is 4.47. The molecule has 0 radical (unpaired) electrons. The van der Waals surface area contributed by atoms with Crippen LogP contribution in [0.15, 0.2) is 60.7 Å². The molecule has 0 aliphatic carbocycles. The van der Waals surface area contributed by atoms with Crippen molar-refractivity contribution >= 4 is 10.9 Å². The molecule has 2 aromatic carbocycles. The van der Waals surface area contributed by atoms with Gasteiger partial charge in [-0.05, 0) is 25.0 Å². The van der Waals surface area contributed by atoms with Gasteiger partial charge in [0.2, 0.25) is 11.2 Å². The van der Waals surface area contributed by atoms with E-state index in [1.54, 1.807) is 0 Å². The van der Waals surface area contributed by atoms with Crippen LogP contribution in [0, 0.1) is 6.92 Å². The van der Waals surface area contributed by atoms with Crippen molar-refractivity contribution < 1.29 is 4.57 Å². The summed E-state index contributed by atoms with van der Waals surface area (Å²) >= 11 is 0. The Labute approximate surface area is 126 Å². The van der Waals surface area contributed by atoms with Crippen LogP contribution in [0.4, 0.5) is 0 Å². The van der Waals surface area contributed by atoms with E-state index in [9.17, 15) is 0 Å². The number of hydrogen-bond donors (Lipinski definition) is 0. The van der Waals surface area contributed by atoms with E-state index in [1.807, 2.05) is 0 Å². The van der Waals surface area contributed by atoms with Crippen LogP contribution in [0.1, 0.15) is 31.0 Å². The van der Waals surface area contributed by atoms with Crippen molar-refractivity contribution in [2.24, 2.45) is 0 Å². The number of pyridine rings is 1. The molecule has 0 aliphatic rings. The molecule has 1 aromatic heterocycles. The van der Waals surface area contributed by atoms with Gasteiger partial charge in [-0.2, -0.15) is 4.57 Å². The lowest BCUT2D eigenvalue weighted by molar-refractivity contribution is -0.576. The molecule has 21 heavy (non-hydrogen) atoms. The van der Waals surface area contributed by atoms with Crippen molar-refractivity contribution in [2.45, 2.75) is 33.1 Å². The van der Waals surface area contributed by atoms with E-state index in [0.717, 1.165) is 6.42 Å². The largest absolute Gasteiger partial charge is 0.218 e. The summed E-state index contributed by atoms with van der Waals surface area (Å²) in [4.78, 5) is 0. The molecule has 0 amide bonds. The minimum absolute atomic E-state index is 1.12. The van der Waals surface area contributed by atoms with Gasteiger partial charge in [-0.1, -0.05) is 43.7 Å². The van der Waals surface area contributed by atoms with E-state index >= 15 is 0 Å². The highest BCUT2D eigenvalue weighted by Crippen LogP contribution is 2.19. The first-order chi connectivity index (χ1) is 10.3. The first kappa shape index (κ1) is 13.8. The number of rotatable bonds is 4. The molecular formula is C20H22N+. The molecule has 0 aliphatic heterocycles. The van der Waals surface area contributed by atoms with Crippen molar-refractivity contribution in [2.75, 3.05) is 0 Å². The van der Waals surface area contributed by atoms with Crippen molar-refractivity contribution in [3.05, 3.63) is 71.9 Å². The van der Waals surface area contributed by atoms with Gasteiger partial charge in [0, 0.05) is 36.1 Å². The average Bonchev–Trinajstić information content (AvgIpc) is 2.54. The predicted molar refractivity (Wildman–Crippen MR) is 88.8 cm³/mol. The Hall–Kier alpha value is -2.15. The van der Waals surface area contributed by atoms with Crippen LogP contribution in [0.25, 0.3) is 16.6 Å². The Morgan fingerprint density at radius 2 is 1.62 bits per heavy atom. The van der Waals surface area contributed by atoms with Gasteiger partial charge in [-0.25, -0.2) is 0 Å². The summed E-state index contributed by atoms with van der Waals surface area (Å²) in [6, 6.07) is 21.7. The second kappa shape index (κ2) is 6.09. The molecule has 0 saturated heterocycles. The molecule has 0 N–H and O–H groups in total. The Kier molecular flexibility index (Phi) is 4.01. The van der Waals surface area contributed by atoms with E-state index in [-0.39, 0.29) is 0 Å². The molecule has 0 atom stereocenters. The molecule has 3 aromatic rings. The summed E-state index contributed by atoms with van der Waals surface area (Å²) in [5.74, 6) is 0. The lowest BCUT2D eigenvalue weighted by Gasteiger charge is -2.09. The van der Waals surface area contributed by atoms with Crippen LogP contribution >= 0.6 is 0 Å². The Bertz CT molecular complexity index is 744. The van der Waals surface area contributed by atoms with Gasteiger partial charge < -0.3 is 0 Å². The Balaban J connectivity index is 2.29. The van der Waals surface area contributed by atoms with Crippen LogP contribution in [-0.4, -0.2) is 0 Å². The number of benzene rings is 2. The summed E-state index contributed by atoms with van der Waals surface area (Å²) < 4.78 is 2.41. The van der Waals surface area contributed by atoms with Gasteiger partial charge in [0.25, 0.3) is 0 Å². The summed E-state index contributed by atoms with van der Waals surface area (Å²) in [5, 5.41) is 1.33. The predicted octanol–water partition coefficient (Wildman–Crippen LogP) is 4.77. The van der Waals surface area contributed by atoms with Gasteiger partial charge in [-0.3, -0.25) is 0 Å².